The number of aliphatic hydroxyl groups excluding tert-OH is 1. The van der Waals surface area contributed by atoms with Gasteiger partial charge in [0.25, 0.3) is 5.78 Å². The first-order valence-corrected chi connectivity index (χ1v) is 13.9. The van der Waals surface area contributed by atoms with Crippen molar-refractivity contribution in [3.8, 4) is 11.5 Å². The van der Waals surface area contributed by atoms with Crippen LogP contribution < -0.4 is 14.4 Å². The number of amides is 1. The van der Waals surface area contributed by atoms with Crippen molar-refractivity contribution >= 4 is 44.1 Å². The lowest BCUT2D eigenvalue weighted by Gasteiger charge is -2.23. The molecule has 0 unspecified atom stereocenters. The van der Waals surface area contributed by atoms with Gasteiger partial charge in [0.2, 0.25) is 0 Å². The normalized spacial score (nSPS) is 19.6. The Balaban J connectivity index is 1.51. The molecule has 4 aromatic rings. The van der Waals surface area contributed by atoms with Crippen molar-refractivity contribution < 1.29 is 24.2 Å². The molecule has 0 bridgehead atoms. The highest BCUT2D eigenvalue weighted by atomic mass is 32.1. The molecule has 40 heavy (non-hydrogen) atoms. The second-order valence-corrected chi connectivity index (χ2v) is 11.2. The van der Waals surface area contributed by atoms with Gasteiger partial charge >= 0.3 is 5.91 Å². The van der Waals surface area contributed by atoms with E-state index in [2.05, 4.69) is 6.58 Å². The van der Waals surface area contributed by atoms with E-state index >= 15 is 0 Å². The average Bonchev–Trinajstić information content (AvgIpc) is 3.60. The maximum Gasteiger partial charge on any atom is 0.301 e. The van der Waals surface area contributed by atoms with E-state index in [1.54, 1.807) is 42.5 Å². The zero-order chi connectivity index (χ0) is 28.1. The molecule has 1 amide bonds. The minimum absolute atomic E-state index is 0.0174. The summed E-state index contributed by atoms with van der Waals surface area (Å²) in [5, 5.41) is 12.0. The number of anilines is 1. The standard InChI is InChI=1S/C32H28N2O5S/c1-5-12-38-23-9-6-20(7-10-23)28-26(29(35)21-8-11-24-22(16-21)15-19(4)39-24)30(36)31(37)34(28)32-33-27-18(3)13-17(2)14-25(27)40-32/h5-11,13-14,16,19,28,35H,1,12,15H2,2-4H3/b29-26+/t19-,28+/m0/s1. The number of ketones is 1. The fourth-order valence-corrected chi connectivity index (χ4v) is 6.60. The van der Waals surface area contributed by atoms with Crippen molar-refractivity contribution in [3.63, 3.8) is 0 Å². The summed E-state index contributed by atoms with van der Waals surface area (Å²) in [4.78, 5) is 33.5. The van der Waals surface area contributed by atoms with Crippen molar-refractivity contribution in [1.29, 1.82) is 0 Å². The van der Waals surface area contributed by atoms with Crippen LogP contribution in [0.2, 0.25) is 0 Å². The summed E-state index contributed by atoms with van der Waals surface area (Å²) in [5.41, 5.74) is 4.94. The minimum atomic E-state index is -0.876. The van der Waals surface area contributed by atoms with Gasteiger partial charge in [-0.25, -0.2) is 4.98 Å². The first kappa shape index (κ1) is 25.8. The third kappa shape index (κ3) is 4.34. The number of aryl methyl sites for hydroxylation is 2. The minimum Gasteiger partial charge on any atom is -0.507 e. The van der Waals surface area contributed by atoms with Crippen LogP contribution in [0.1, 0.15) is 40.8 Å². The Kier molecular flexibility index (Phi) is 6.43. The van der Waals surface area contributed by atoms with Crippen LogP contribution in [0.5, 0.6) is 11.5 Å². The van der Waals surface area contributed by atoms with Gasteiger partial charge in [0, 0.05) is 12.0 Å². The molecule has 3 aromatic carbocycles. The molecular formula is C32H28N2O5S. The summed E-state index contributed by atoms with van der Waals surface area (Å²) in [5.74, 6) is -0.333. The largest absolute Gasteiger partial charge is 0.507 e. The van der Waals surface area contributed by atoms with Crippen molar-refractivity contribution in [2.75, 3.05) is 11.5 Å². The molecule has 0 saturated carbocycles. The zero-order valence-corrected chi connectivity index (χ0v) is 23.2. The van der Waals surface area contributed by atoms with Crippen LogP contribution in [-0.2, 0) is 16.0 Å². The summed E-state index contributed by atoms with van der Waals surface area (Å²) in [7, 11) is 0. The Labute approximate surface area is 236 Å². The third-order valence-corrected chi connectivity index (χ3v) is 8.20. The van der Waals surface area contributed by atoms with Crippen LogP contribution in [0.3, 0.4) is 0 Å². The van der Waals surface area contributed by atoms with Crippen LogP contribution in [0.4, 0.5) is 5.13 Å². The van der Waals surface area contributed by atoms with Crippen molar-refractivity contribution in [2.45, 2.75) is 39.3 Å². The molecule has 0 spiro atoms. The van der Waals surface area contributed by atoms with Gasteiger partial charge in [-0.2, -0.15) is 0 Å². The quantitative estimate of drug-likeness (QED) is 0.128. The Morgan fingerprint density at radius 3 is 2.70 bits per heavy atom. The second kappa shape index (κ2) is 9.95. The van der Waals surface area contributed by atoms with Crippen LogP contribution >= 0.6 is 11.3 Å². The highest BCUT2D eigenvalue weighted by Crippen LogP contribution is 2.45. The molecule has 0 aliphatic carbocycles. The van der Waals surface area contributed by atoms with E-state index in [-0.39, 0.29) is 17.4 Å². The fourth-order valence-electron chi connectivity index (χ4n) is 5.43. The molecule has 0 radical (unpaired) electrons. The molecule has 3 heterocycles. The zero-order valence-electron chi connectivity index (χ0n) is 22.4. The molecule has 1 aromatic heterocycles. The smallest absolute Gasteiger partial charge is 0.301 e. The molecule has 7 nitrogen and oxygen atoms in total. The van der Waals surface area contributed by atoms with Gasteiger partial charge in [-0.1, -0.05) is 42.2 Å². The Morgan fingerprint density at radius 1 is 1.18 bits per heavy atom. The number of aromatic nitrogens is 1. The number of rotatable bonds is 6. The number of Topliss-reactive ketones (excluding diaryl/α,β-unsaturated/α-hetero) is 1. The number of ether oxygens (including phenoxy) is 2. The summed E-state index contributed by atoms with van der Waals surface area (Å²) in [6.45, 7) is 9.99. The number of nitrogens with zero attached hydrogens (tertiary/aromatic N) is 2. The monoisotopic (exact) mass is 552 g/mol. The summed E-state index contributed by atoms with van der Waals surface area (Å²) >= 11 is 1.35. The van der Waals surface area contributed by atoms with Gasteiger partial charge in [-0.05, 0) is 79.4 Å². The van der Waals surface area contributed by atoms with E-state index in [1.807, 2.05) is 39.0 Å². The Bertz CT molecular complexity index is 1720. The lowest BCUT2D eigenvalue weighted by Crippen LogP contribution is -2.29. The highest BCUT2D eigenvalue weighted by molar-refractivity contribution is 7.22. The highest BCUT2D eigenvalue weighted by Gasteiger charge is 2.48. The number of fused-ring (bicyclic) bond motifs is 2. The second-order valence-electron chi connectivity index (χ2n) is 10.2. The lowest BCUT2D eigenvalue weighted by molar-refractivity contribution is -0.132. The molecule has 2 aliphatic rings. The fraction of sp³-hybridized carbons (Fsp3) is 0.219. The number of thiazole rings is 1. The lowest BCUT2D eigenvalue weighted by atomic mass is 9.94. The van der Waals surface area contributed by atoms with Gasteiger partial charge < -0.3 is 14.6 Å². The van der Waals surface area contributed by atoms with Gasteiger partial charge in [0.15, 0.2) is 5.13 Å². The average molecular weight is 553 g/mol. The van der Waals surface area contributed by atoms with Crippen LogP contribution in [0, 0.1) is 13.8 Å². The molecule has 2 aliphatic heterocycles. The molecule has 8 heteroatoms. The summed E-state index contributed by atoms with van der Waals surface area (Å²) in [6, 6.07) is 15.7. The van der Waals surface area contributed by atoms with Gasteiger partial charge in [0.1, 0.15) is 30.0 Å². The van der Waals surface area contributed by atoms with Crippen molar-refractivity contribution in [2.24, 2.45) is 0 Å². The number of aliphatic hydroxyl groups is 1. The predicted molar refractivity (Wildman–Crippen MR) is 156 cm³/mol. The molecule has 1 fully saturated rings. The number of hydrogen-bond donors (Lipinski definition) is 1. The SMILES string of the molecule is C=CCOc1ccc([C@@H]2/C(=C(\O)c3ccc4c(c3)C[C@H](C)O4)C(=O)C(=O)N2c2nc3c(C)cc(C)cc3s2)cc1. The number of benzene rings is 3. The van der Waals surface area contributed by atoms with E-state index in [9.17, 15) is 14.7 Å². The number of hydrogen-bond acceptors (Lipinski definition) is 7. The third-order valence-electron chi connectivity index (χ3n) is 7.20. The maximum atomic E-state index is 13.6. The van der Waals surface area contributed by atoms with Gasteiger partial charge in [-0.15, -0.1) is 0 Å². The van der Waals surface area contributed by atoms with Crippen molar-refractivity contribution in [3.05, 3.63) is 101 Å². The molecule has 1 N–H and O–H groups in total. The van der Waals surface area contributed by atoms with E-state index < -0.39 is 17.7 Å². The van der Waals surface area contributed by atoms with Crippen LogP contribution in [-0.4, -0.2) is 34.5 Å². The summed E-state index contributed by atoms with van der Waals surface area (Å²) in [6.07, 6.45) is 2.39. The molecular weight excluding hydrogens is 524 g/mol. The van der Waals surface area contributed by atoms with Gasteiger partial charge in [-0.3, -0.25) is 14.5 Å². The molecule has 1 saturated heterocycles. The molecule has 6 rings (SSSR count). The van der Waals surface area contributed by atoms with Crippen molar-refractivity contribution in [1.82, 2.24) is 4.98 Å². The van der Waals surface area contributed by atoms with Gasteiger partial charge in [0.05, 0.1) is 21.8 Å². The maximum absolute atomic E-state index is 13.6. The van der Waals surface area contributed by atoms with Crippen LogP contribution in [0.15, 0.2) is 72.8 Å². The van der Waals surface area contributed by atoms with E-state index in [1.165, 1.54) is 16.2 Å². The predicted octanol–water partition coefficient (Wildman–Crippen LogP) is 6.43. The molecule has 202 valence electrons. The topological polar surface area (TPSA) is 89.0 Å². The Morgan fingerprint density at radius 2 is 1.95 bits per heavy atom. The first-order valence-electron chi connectivity index (χ1n) is 13.1. The number of carbonyl (C=O) groups is 2. The molecule has 2 atom stereocenters. The van der Waals surface area contributed by atoms with E-state index in [4.69, 9.17) is 14.5 Å². The first-order chi connectivity index (χ1) is 19.2. The number of carbonyl (C=O) groups excluding carboxylic acids is 2. The van der Waals surface area contributed by atoms with E-state index in [0.717, 1.165) is 32.7 Å². The van der Waals surface area contributed by atoms with Crippen LogP contribution in [0.25, 0.3) is 16.0 Å². The van der Waals surface area contributed by atoms with E-state index in [0.29, 0.717) is 35.0 Å². The Hall–Kier alpha value is -4.43. The summed E-state index contributed by atoms with van der Waals surface area (Å²) < 4.78 is 12.4.